The van der Waals surface area contributed by atoms with Gasteiger partial charge >= 0.3 is 0 Å². The van der Waals surface area contributed by atoms with Gasteiger partial charge in [-0.3, -0.25) is 14.9 Å². The summed E-state index contributed by atoms with van der Waals surface area (Å²) >= 11 is 0. The van der Waals surface area contributed by atoms with Crippen molar-refractivity contribution in [3.8, 4) is 0 Å². The summed E-state index contributed by atoms with van der Waals surface area (Å²) in [6.07, 6.45) is 2.39. The molecule has 0 bridgehead atoms. The van der Waals surface area contributed by atoms with Gasteiger partial charge < -0.3 is 5.73 Å². The summed E-state index contributed by atoms with van der Waals surface area (Å²) in [5, 5.41) is 2.44. The minimum atomic E-state index is -0.928. The minimum Gasteiger partial charge on any atom is -0.369 e. The van der Waals surface area contributed by atoms with Gasteiger partial charge in [0.1, 0.15) is 5.41 Å². The number of rotatable bonds is 0. The lowest BCUT2D eigenvalue weighted by Gasteiger charge is -2.31. The van der Waals surface area contributed by atoms with Crippen LogP contribution in [-0.4, -0.2) is 17.8 Å². The second kappa shape index (κ2) is 2.80. The summed E-state index contributed by atoms with van der Waals surface area (Å²) in [7, 11) is 0. The number of carbonyl (C=O) groups excluding carboxylic acids is 2. The molecule has 76 valence electrons. The van der Waals surface area contributed by atoms with E-state index in [-0.39, 0.29) is 23.7 Å². The van der Waals surface area contributed by atoms with Gasteiger partial charge in [0.25, 0.3) is 5.91 Å². The average molecular weight is 195 g/mol. The molecule has 1 heterocycles. The molecule has 0 aromatic carbocycles. The smallest absolute Gasteiger partial charge is 0.264 e. The lowest BCUT2D eigenvalue weighted by atomic mass is 9.76. The van der Waals surface area contributed by atoms with Crippen molar-refractivity contribution in [2.24, 2.45) is 22.1 Å². The molecule has 5 nitrogen and oxygen atoms in total. The maximum atomic E-state index is 11.8. The second-order valence-corrected chi connectivity index (χ2v) is 4.02. The number of hydrogen-bond acceptors (Lipinski definition) is 3. The highest BCUT2D eigenvalue weighted by atomic mass is 16.2. The van der Waals surface area contributed by atoms with Crippen molar-refractivity contribution in [1.82, 2.24) is 5.32 Å². The third-order valence-corrected chi connectivity index (χ3v) is 3.30. The average Bonchev–Trinajstić information content (AvgIpc) is 2.45. The van der Waals surface area contributed by atoms with E-state index in [1.54, 1.807) is 0 Å². The molecule has 5 heteroatoms. The van der Waals surface area contributed by atoms with Gasteiger partial charge in [-0.05, 0) is 18.8 Å². The highest BCUT2D eigenvalue weighted by Crippen LogP contribution is 2.45. The molecule has 2 rings (SSSR count). The zero-order valence-corrected chi connectivity index (χ0v) is 8.04. The van der Waals surface area contributed by atoms with Gasteiger partial charge in [0.15, 0.2) is 0 Å². The Kier molecular flexibility index (Phi) is 1.83. The Morgan fingerprint density at radius 2 is 2.29 bits per heavy atom. The molecule has 3 N–H and O–H groups in total. The molecule has 1 aliphatic heterocycles. The third kappa shape index (κ3) is 0.981. The monoisotopic (exact) mass is 195 g/mol. The van der Waals surface area contributed by atoms with Crippen LogP contribution in [0.25, 0.3) is 0 Å². The number of amides is 2. The zero-order valence-electron chi connectivity index (χ0n) is 8.04. The zero-order chi connectivity index (χ0) is 10.3. The molecule has 0 saturated heterocycles. The van der Waals surface area contributed by atoms with Crippen molar-refractivity contribution < 1.29 is 9.59 Å². The summed E-state index contributed by atoms with van der Waals surface area (Å²) in [6, 6.07) is 0. The number of carbonyl (C=O) groups is 2. The number of nitrogens with two attached hydrogens (primary N) is 1. The molecule has 0 radical (unpaired) electrons. The van der Waals surface area contributed by atoms with E-state index in [4.69, 9.17) is 5.73 Å². The lowest BCUT2D eigenvalue weighted by molar-refractivity contribution is -0.143. The summed E-state index contributed by atoms with van der Waals surface area (Å²) in [5.74, 6) is -0.666. The van der Waals surface area contributed by atoms with Crippen molar-refractivity contribution >= 4 is 17.8 Å². The van der Waals surface area contributed by atoms with Crippen molar-refractivity contribution in [3.63, 3.8) is 0 Å². The van der Waals surface area contributed by atoms with Crippen molar-refractivity contribution in [2.75, 3.05) is 0 Å². The molecule has 14 heavy (non-hydrogen) atoms. The van der Waals surface area contributed by atoms with Crippen LogP contribution in [0, 0.1) is 11.3 Å². The Hall–Kier alpha value is -1.39. The number of nitrogens with zero attached hydrogens (tertiary/aromatic N) is 1. The largest absolute Gasteiger partial charge is 0.369 e. The minimum absolute atomic E-state index is 0.0619. The number of hydrogen-bond donors (Lipinski definition) is 2. The van der Waals surface area contributed by atoms with E-state index in [2.05, 4.69) is 10.3 Å². The Morgan fingerprint density at radius 1 is 1.57 bits per heavy atom. The molecule has 1 aliphatic carbocycles. The number of guanidine groups is 1. The maximum Gasteiger partial charge on any atom is 0.264 e. The fourth-order valence-electron chi connectivity index (χ4n) is 2.40. The predicted octanol–water partition coefficient (Wildman–Crippen LogP) is -0.236. The van der Waals surface area contributed by atoms with E-state index in [1.807, 2.05) is 6.92 Å². The lowest BCUT2D eigenvalue weighted by Crippen LogP contribution is -2.55. The first kappa shape index (κ1) is 9.18. The second-order valence-electron chi connectivity index (χ2n) is 4.02. The van der Waals surface area contributed by atoms with Crippen LogP contribution >= 0.6 is 0 Å². The molecule has 2 amide bonds. The topological polar surface area (TPSA) is 84.6 Å². The van der Waals surface area contributed by atoms with Gasteiger partial charge in [0.05, 0.1) is 0 Å². The van der Waals surface area contributed by atoms with Crippen LogP contribution in [0.5, 0.6) is 0 Å². The molecule has 2 aliphatic rings. The van der Waals surface area contributed by atoms with Gasteiger partial charge in [-0.2, -0.15) is 4.99 Å². The number of nitrogens with one attached hydrogen (secondary N) is 1. The van der Waals surface area contributed by atoms with Crippen molar-refractivity contribution in [1.29, 1.82) is 0 Å². The van der Waals surface area contributed by atoms with Crippen LogP contribution in [0.4, 0.5) is 0 Å². The fraction of sp³-hybridized carbons (Fsp3) is 0.667. The van der Waals surface area contributed by atoms with Crippen LogP contribution in [0.15, 0.2) is 4.99 Å². The van der Waals surface area contributed by atoms with Crippen LogP contribution in [0.3, 0.4) is 0 Å². The molecule has 2 atom stereocenters. The molecule has 2 unspecified atom stereocenters. The van der Waals surface area contributed by atoms with Crippen LogP contribution in [0.1, 0.15) is 26.2 Å². The summed E-state index contributed by atoms with van der Waals surface area (Å²) in [6.45, 7) is 1.92. The third-order valence-electron chi connectivity index (χ3n) is 3.30. The van der Waals surface area contributed by atoms with Gasteiger partial charge in [-0.25, -0.2) is 0 Å². The Bertz CT molecular complexity index is 337. The van der Waals surface area contributed by atoms with E-state index in [0.29, 0.717) is 6.42 Å². The molecular weight excluding hydrogens is 182 g/mol. The van der Waals surface area contributed by atoms with Gasteiger partial charge in [0, 0.05) is 0 Å². The molecule has 0 aromatic heterocycles. The number of aliphatic imine (C=N–C) groups is 1. The Balaban J connectivity index is 2.44. The van der Waals surface area contributed by atoms with E-state index in [0.717, 1.165) is 12.8 Å². The highest BCUT2D eigenvalue weighted by molar-refractivity contribution is 6.18. The maximum absolute atomic E-state index is 11.8. The summed E-state index contributed by atoms with van der Waals surface area (Å²) in [5.41, 5.74) is 4.38. The van der Waals surface area contributed by atoms with E-state index in [1.165, 1.54) is 0 Å². The van der Waals surface area contributed by atoms with Gasteiger partial charge in [-0.15, -0.1) is 0 Å². The first-order chi connectivity index (χ1) is 6.57. The normalized spacial score (nSPS) is 37.2. The van der Waals surface area contributed by atoms with Crippen LogP contribution in [-0.2, 0) is 9.59 Å². The van der Waals surface area contributed by atoms with E-state index < -0.39 is 5.41 Å². The van der Waals surface area contributed by atoms with Crippen molar-refractivity contribution in [2.45, 2.75) is 26.2 Å². The molecular formula is C9H13N3O2. The van der Waals surface area contributed by atoms with Gasteiger partial charge in [-0.1, -0.05) is 13.3 Å². The molecule has 1 saturated carbocycles. The SMILES string of the molecule is CC1CCCC12C(=O)N=C(N)NC2=O. The quantitative estimate of drug-likeness (QED) is 0.523. The predicted molar refractivity (Wildman–Crippen MR) is 50.2 cm³/mol. The molecule has 1 fully saturated rings. The van der Waals surface area contributed by atoms with Gasteiger partial charge in [0.2, 0.25) is 11.9 Å². The van der Waals surface area contributed by atoms with Crippen molar-refractivity contribution in [3.05, 3.63) is 0 Å². The molecule has 0 aromatic rings. The first-order valence-electron chi connectivity index (χ1n) is 4.77. The fourth-order valence-corrected chi connectivity index (χ4v) is 2.40. The standard InChI is InChI=1S/C9H13N3O2/c1-5-3-2-4-9(5)6(13)11-8(10)12-7(9)14/h5H,2-4H2,1H3,(H3,10,11,12,13,14). The van der Waals surface area contributed by atoms with E-state index >= 15 is 0 Å². The Morgan fingerprint density at radius 3 is 2.79 bits per heavy atom. The van der Waals surface area contributed by atoms with E-state index in [9.17, 15) is 9.59 Å². The summed E-state index contributed by atoms with van der Waals surface area (Å²) < 4.78 is 0. The van der Waals surface area contributed by atoms with Crippen LogP contribution < -0.4 is 11.1 Å². The molecule has 1 spiro atoms. The Labute approximate surface area is 81.8 Å². The summed E-state index contributed by atoms with van der Waals surface area (Å²) in [4.78, 5) is 27.1. The first-order valence-corrected chi connectivity index (χ1v) is 4.77. The van der Waals surface area contributed by atoms with Crippen LogP contribution in [0.2, 0.25) is 0 Å². The highest BCUT2D eigenvalue weighted by Gasteiger charge is 2.54.